The summed E-state index contributed by atoms with van der Waals surface area (Å²) in [6, 6.07) is 5.19. The van der Waals surface area contributed by atoms with E-state index in [4.69, 9.17) is 5.11 Å². The lowest BCUT2D eigenvalue weighted by Crippen LogP contribution is -2.48. The number of carbonyl (C=O) groups is 2. The van der Waals surface area contributed by atoms with Gasteiger partial charge in [0.05, 0.1) is 6.61 Å². The van der Waals surface area contributed by atoms with Crippen LogP contribution in [0.3, 0.4) is 0 Å². The Morgan fingerprint density at radius 3 is 2.50 bits per heavy atom. The van der Waals surface area contributed by atoms with Gasteiger partial charge in [0, 0.05) is 19.5 Å². The second-order valence-electron chi connectivity index (χ2n) is 5.09. The lowest BCUT2D eigenvalue weighted by atomic mass is 10.1. The third-order valence-electron chi connectivity index (χ3n) is 3.31. The van der Waals surface area contributed by atoms with E-state index in [1.807, 2.05) is 6.92 Å². The Labute approximate surface area is 130 Å². The van der Waals surface area contributed by atoms with Gasteiger partial charge in [0.25, 0.3) is 0 Å². The third kappa shape index (κ3) is 5.44. The van der Waals surface area contributed by atoms with Crippen molar-refractivity contribution >= 4 is 11.8 Å². The van der Waals surface area contributed by atoms with E-state index in [0.29, 0.717) is 12.8 Å². The number of halogens is 1. The molecule has 0 saturated heterocycles. The van der Waals surface area contributed by atoms with Crippen LogP contribution in [0.5, 0.6) is 0 Å². The van der Waals surface area contributed by atoms with Crippen LogP contribution in [0.4, 0.5) is 4.39 Å². The molecule has 0 saturated carbocycles. The number of rotatable bonds is 8. The lowest BCUT2D eigenvalue weighted by molar-refractivity contribution is -0.140. The minimum absolute atomic E-state index is 0.126. The largest absolute Gasteiger partial charge is 0.395 e. The Kier molecular flexibility index (Phi) is 7.52. The minimum atomic E-state index is -0.657. The predicted octanol–water partition coefficient (Wildman–Crippen LogP) is 1.45. The summed E-state index contributed by atoms with van der Waals surface area (Å²) in [6.07, 6.45) is 1.03. The molecule has 22 heavy (non-hydrogen) atoms. The van der Waals surface area contributed by atoms with Gasteiger partial charge in [-0.2, -0.15) is 0 Å². The predicted molar refractivity (Wildman–Crippen MR) is 81.4 cm³/mol. The highest BCUT2D eigenvalue weighted by atomic mass is 19.1. The van der Waals surface area contributed by atoms with Crippen LogP contribution < -0.4 is 5.32 Å². The molecule has 6 heteroatoms. The van der Waals surface area contributed by atoms with Gasteiger partial charge in [0.15, 0.2) is 0 Å². The summed E-state index contributed by atoms with van der Waals surface area (Å²) in [5.74, 6) is -0.789. The highest BCUT2D eigenvalue weighted by Crippen LogP contribution is 2.12. The monoisotopic (exact) mass is 310 g/mol. The fourth-order valence-electron chi connectivity index (χ4n) is 2.05. The normalized spacial score (nSPS) is 11.8. The SMILES string of the molecule is CCCC(=O)N(Cc1ccc(F)cc1)[C@H](C)C(=O)NCCO. The van der Waals surface area contributed by atoms with E-state index in [0.717, 1.165) is 5.56 Å². The van der Waals surface area contributed by atoms with E-state index in [9.17, 15) is 14.0 Å². The molecule has 122 valence electrons. The first-order valence-corrected chi connectivity index (χ1v) is 7.42. The van der Waals surface area contributed by atoms with Gasteiger partial charge in [0.2, 0.25) is 11.8 Å². The molecule has 1 aromatic rings. The average molecular weight is 310 g/mol. The van der Waals surface area contributed by atoms with Crippen LogP contribution in [0, 0.1) is 5.82 Å². The molecule has 0 heterocycles. The zero-order valence-electron chi connectivity index (χ0n) is 13.0. The van der Waals surface area contributed by atoms with E-state index in [-0.39, 0.29) is 37.3 Å². The van der Waals surface area contributed by atoms with Crippen molar-refractivity contribution in [2.75, 3.05) is 13.2 Å². The molecule has 0 aliphatic carbocycles. The van der Waals surface area contributed by atoms with Gasteiger partial charge in [-0.3, -0.25) is 9.59 Å². The van der Waals surface area contributed by atoms with Crippen molar-refractivity contribution in [2.24, 2.45) is 0 Å². The van der Waals surface area contributed by atoms with E-state index in [1.165, 1.54) is 17.0 Å². The first kappa shape index (κ1) is 18.1. The Bertz CT molecular complexity index is 491. The molecule has 1 atom stereocenters. The van der Waals surface area contributed by atoms with Gasteiger partial charge in [-0.25, -0.2) is 4.39 Å². The maximum atomic E-state index is 13.0. The highest BCUT2D eigenvalue weighted by Gasteiger charge is 2.25. The van der Waals surface area contributed by atoms with Crippen LogP contribution >= 0.6 is 0 Å². The van der Waals surface area contributed by atoms with Gasteiger partial charge in [-0.05, 0) is 31.0 Å². The Hall–Kier alpha value is -1.95. The van der Waals surface area contributed by atoms with Gasteiger partial charge >= 0.3 is 0 Å². The topological polar surface area (TPSA) is 69.6 Å². The lowest BCUT2D eigenvalue weighted by Gasteiger charge is -2.28. The first-order chi connectivity index (χ1) is 10.5. The van der Waals surface area contributed by atoms with Crippen molar-refractivity contribution in [3.8, 4) is 0 Å². The second-order valence-corrected chi connectivity index (χ2v) is 5.09. The Balaban J connectivity index is 2.85. The summed E-state index contributed by atoms with van der Waals surface area (Å²) in [4.78, 5) is 25.8. The molecule has 0 bridgehead atoms. The fraction of sp³-hybridized carbons (Fsp3) is 0.500. The quantitative estimate of drug-likeness (QED) is 0.763. The number of nitrogens with zero attached hydrogens (tertiary/aromatic N) is 1. The van der Waals surface area contributed by atoms with Crippen LogP contribution in [-0.4, -0.2) is 41.0 Å². The van der Waals surface area contributed by atoms with E-state index >= 15 is 0 Å². The minimum Gasteiger partial charge on any atom is -0.395 e. The summed E-state index contributed by atoms with van der Waals surface area (Å²) < 4.78 is 13.0. The van der Waals surface area contributed by atoms with Gasteiger partial charge < -0.3 is 15.3 Å². The zero-order valence-corrected chi connectivity index (χ0v) is 13.0. The Morgan fingerprint density at radius 1 is 1.32 bits per heavy atom. The van der Waals surface area contributed by atoms with Crippen LogP contribution in [0.15, 0.2) is 24.3 Å². The molecule has 2 amide bonds. The maximum absolute atomic E-state index is 13.0. The summed E-state index contributed by atoms with van der Waals surface area (Å²) >= 11 is 0. The Morgan fingerprint density at radius 2 is 1.95 bits per heavy atom. The summed E-state index contributed by atoms with van der Waals surface area (Å²) in [7, 11) is 0. The molecule has 0 fully saturated rings. The molecule has 0 aliphatic rings. The van der Waals surface area contributed by atoms with Crippen molar-refractivity contribution in [1.82, 2.24) is 10.2 Å². The molecule has 0 radical (unpaired) electrons. The number of aliphatic hydroxyl groups excluding tert-OH is 1. The van der Waals surface area contributed by atoms with Gasteiger partial charge in [-0.1, -0.05) is 19.1 Å². The molecule has 5 nitrogen and oxygen atoms in total. The van der Waals surface area contributed by atoms with E-state index < -0.39 is 6.04 Å². The van der Waals surface area contributed by atoms with Crippen LogP contribution in [0.2, 0.25) is 0 Å². The number of nitrogens with one attached hydrogen (secondary N) is 1. The molecule has 0 aromatic heterocycles. The standard InChI is InChI=1S/C16H23FN2O3/c1-3-4-15(21)19(12(2)16(22)18-9-10-20)11-13-5-7-14(17)8-6-13/h5-8,12,20H,3-4,9-11H2,1-2H3,(H,18,22)/t12-/m1/s1. The van der Waals surface area contributed by atoms with E-state index in [2.05, 4.69) is 5.32 Å². The fourth-order valence-corrected chi connectivity index (χ4v) is 2.05. The van der Waals surface area contributed by atoms with Crippen molar-refractivity contribution in [1.29, 1.82) is 0 Å². The first-order valence-electron chi connectivity index (χ1n) is 7.42. The van der Waals surface area contributed by atoms with Gasteiger partial charge in [-0.15, -0.1) is 0 Å². The number of amides is 2. The van der Waals surface area contributed by atoms with Crippen LogP contribution in [0.25, 0.3) is 0 Å². The van der Waals surface area contributed by atoms with Crippen LogP contribution in [-0.2, 0) is 16.1 Å². The van der Waals surface area contributed by atoms with Crippen molar-refractivity contribution in [3.05, 3.63) is 35.6 Å². The highest BCUT2D eigenvalue weighted by molar-refractivity contribution is 5.87. The molecule has 0 spiro atoms. The molecule has 0 aliphatic heterocycles. The third-order valence-corrected chi connectivity index (χ3v) is 3.31. The molecule has 2 N–H and O–H groups in total. The van der Waals surface area contributed by atoms with Crippen molar-refractivity contribution in [2.45, 2.75) is 39.3 Å². The molecule has 1 rings (SSSR count). The average Bonchev–Trinajstić information content (AvgIpc) is 2.51. The number of aliphatic hydroxyl groups is 1. The number of benzene rings is 1. The summed E-state index contributed by atoms with van der Waals surface area (Å²) in [5.41, 5.74) is 0.757. The summed E-state index contributed by atoms with van der Waals surface area (Å²) in [5, 5.41) is 11.3. The smallest absolute Gasteiger partial charge is 0.242 e. The second kappa shape index (κ2) is 9.15. The van der Waals surface area contributed by atoms with Crippen molar-refractivity contribution in [3.63, 3.8) is 0 Å². The zero-order chi connectivity index (χ0) is 16.5. The van der Waals surface area contributed by atoms with Crippen molar-refractivity contribution < 1.29 is 19.1 Å². The number of carbonyl (C=O) groups excluding carboxylic acids is 2. The number of hydrogen-bond donors (Lipinski definition) is 2. The molecule has 1 aromatic carbocycles. The molecular weight excluding hydrogens is 287 g/mol. The number of hydrogen-bond acceptors (Lipinski definition) is 3. The molecular formula is C16H23FN2O3. The molecule has 0 unspecified atom stereocenters. The maximum Gasteiger partial charge on any atom is 0.242 e. The van der Waals surface area contributed by atoms with Gasteiger partial charge in [0.1, 0.15) is 11.9 Å². The van der Waals surface area contributed by atoms with Crippen LogP contribution in [0.1, 0.15) is 32.3 Å². The summed E-state index contributed by atoms with van der Waals surface area (Å²) in [6.45, 7) is 3.77. The van der Waals surface area contributed by atoms with E-state index in [1.54, 1.807) is 19.1 Å².